The van der Waals surface area contributed by atoms with Crippen molar-refractivity contribution in [1.29, 1.82) is 0 Å². The summed E-state index contributed by atoms with van der Waals surface area (Å²) in [5, 5.41) is 13.9. The molecule has 0 radical (unpaired) electrons. The highest BCUT2D eigenvalue weighted by Gasteiger charge is 2.40. The first kappa shape index (κ1) is 20.3. The Morgan fingerprint density at radius 3 is 2.67 bits per heavy atom. The number of morpholine rings is 1. The van der Waals surface area contributed by atoms with E-state index in [-0.39, 0.29) is 30.1 Å². The fraction of sp³-hybridized carbons (Fsp3) is 0.667. The van der Waals surface area contributed by atoms with Crippen LogP contribution in [-0.2, 0) is 19.7 Å². The predicted molar refractivity (Wildman–Crippen MR) is 104 cm³/mol. The quantitative estimate of drug-likeness (QED) is 0.733. The zero-order chi connectivity index (χ0) is 19.1. The lowest BCUT2D eigenvalue weighted by Crippen LogP contribution is -2.48. The van der Waals surface area contributed by atoms with Gasteiger partial charge in [-0.15, -0.1) is 0 Å². The maximum absolute atomic E-state index is 12.0. The van der Waals surface area contributed by atoms with Crippen molar-refractivity contribution in [2.45, 2.75) is 43.2 Å². The van der Waals surface area contributed by atoms with Gasteiger partial charge in [0.25, 0.3) is 0 Å². The summed E-state index contributed by atoms with van der Waals surface area (Å²) in [7, 11) is 1.53. The van der Waals surface area contributed by atoms with Crippen LogP contribution in [0.5, 0.6) is 0 Å². The van der Waals surface area contributed by atoms with E-state index in [9.17, 15) is 9.90 Å². The molecule has 1 amide bonds. The fourth-order valence-corrected chi connectivity index (χ4v) is 4.50. The number of hydrogen-bond acceptors (Lipinski definition) is 5. The van der Waals surface area contributed by atoms with Gasteiger partial charge in [-0.3, -0.25) is 9.69 Å². The lowest BCUT2D eigenvalue weighted by Gasteiger charge is -2.37. The van der Waals surface area contributed by atoms with Gasteiger partial charge in [0.2, 0.25) is 5.91 Å². The number of methoxy groups -OCH3 is 1. The molecule has 3 atom stereocenters. The molecular formula is C21H32N2O4. The van der Waals surface area contributed by atoms with Crippen molar-refractivity contribution in [3.05, 3.63) is 35.9 Å². The van der Waals surface area contributed by atoms with Gasteiger partial charge in [0.15, 0.2) is 0 Å². The molecule has 2 N–H and O–H groups in total. The monoisotopic (exact) mass is 376 g/mol. The lowest BCUT2D eigenvalue weighted by atomic mass is 9.74. The molecule has 6 heteroatoms. The molecule has 2 fully saturated rings. The smallest absolute Gasteiger partial charge is 0.246 e. The number of nitrogens with one attached hydrogen (secondary N) is 1. The van der Waals surface area contributed by atoms with Crippen LogP contribution in [0.3, 0.4) is 0 Å². The SMILES string of the molecule is COCC(=O)NC[C@]1(c2ccccc2)CC[C@@H](O)[C@H](N2CCOCC2)CC1. The third kappa shape index (κ3) is 5.08. The van der Waals surface area contributed by atoms with Gasteiger partial charge in [-0.25, -0.2) is 0 Å². The molecule has 0 bridgehead atoms. The Morgan fingerprint density at radius 1 is 1.26 bits per heavy atom. The van der Waals surface area contributed by atoms with E-state index in [1.54, 1.807) is 0 Å². The van der Waals surface area contributed by atoms with Gasteiger partial charge in [-0.1, -0.05) is 30.3 Å². The molecule has 1 saturated heterocycles. The van der Waals surface area contributed by atoms with Crippen molar-refractivity contribution < 1.29 is 19.4 Å². The minimum atomic E-state index is -0.344. The number of carbonyl (C=O) groups is 1. The second-order valence-electron chi connectivity index (χ2n) is 7.72. The van der Waals surface area contributed by atoms with Crippen molar-refractivity contribution in [2.24, 2.45) is 0 Å². The van der Waals surface area contributed by atoms with Crippen LogP contribution in [0.2, 0.25) is 0 Å². The van der Waals surface area contributed by atoms with Crippen molar-refractivity contribution in [1.82, 2.24) is 10.2 Å². The van der Waals surface area contributed by atoms with Crippen LogP contribution in [0.15, 0.2) is 30.3 Å². The molecule has 150 valence electrons. The Morgan fingerprint density at radius 2 is 1.96 bits per heavy atom. The average Bonchev–Trinajstić information content (AvgIpc) is 2.88. The molecule has 0 aromatic heterocycles. The van der Waals surface area contributed by atoms with E-state index >= 15 is 0 Å². The highest BCUT2D eigenvalue weighted by atomic mass is 16.5. The Bertz CT molecular complexity index is 591. The Hall–Kier alpha value is -1.47. The van der Waals surface area contributed by atoms with Gasteiger partial charge >= 0.3 is 0 Å². The summed E-state index contributed by atoms with van der Waals surface area (Å²) in [6.45, 7) is 3.88. The molecule has 27 heavy (non-hydrogen) atoms. The van der Waals surface area contributed by atoms with Crippen molar-refractivity contribution in [3.8, 4) is 0 Å². The maximum atomic E-state index is 12.0. The lowest BCUT2D eigenvalue weighted by molar-refractivity contribution is -0.125. The number of hydrogen-bond donors (Lipinski definition) is 2. The molecule has 6 nitrogen and oxygen atoms in total. The standard InChI is InChI=1S/C21H32N2O4/c1-26-15-20(25)22-16-21(17-5-3-2-4-6-17)9-7-18(19(24)8-10-21)23-11-13-27-14-12-23/h2-6,18-19,24H,7-16H2,1H3,(H,22,25)/t18-,19-,21-/m1/s1. The van der Waals surface area contributed by atoms with E-state index in [1.165, 1.54) is 12.7 Å². The first-order valence-corrected chi connectivity index (χ1v) is 9.96. The highest BCUT2D eigenvalue weighted by Crippen LogP contribution is 2.39. The number of benzene rings is 1. The van der Waals surface area contributed by atoms with E-state index in [0.717, 1.165) is 52.0 Å². The van der Waals surface area contributed by atoms with E-state index in [2.05, 4.69) is 34.5 Å². The van der Waals surface area contributed by atoms with Crippen LogP contribution < -0.4 is 5.32 Å². The molecular weight excluding hydrogens is 344 g/mol. The van der Waals surface area contributed by atoms with Gasteiger partial charge in [-0.05, 0) is 31.2 Å². The second kappa shape index (κ2) is 9.64. The van der Waals surface area contributed by atoms with Gasteiger partial charge in [0.1, 0.15) is 6.61 Å². The van der Waals surface area contributed by atoms with Crippen LogP contribution in [0.25, 0.3) is 0 Å². The minimum absolute atomic E-state index is 0.0733. The summed E-state index contributed by atoms with van der Waals surface area (Å²) in [5.74, 6) is -0.0951. The van der Waals surface area contributed by atoms with Crippen molar-refractivity contribution >= 4 is 5.91 Å². The third-order valence-corrected chi connectivity index (χ3v) is 6.08. The zero-order valence-electron chi connectivity index (χ0n) is 16.2. The predicted octanol–water partition coefficient (Wildman–Crippen LogP) is 1.32. The Balaban J connectivity index is 1.77. The Labute approximate surface area is 161 Å². The maximum Gasteiger partial charge on any atom is 0.246 e. The average molecular weight is 376 g/mol. The van der Waals surface area contributed by atoms with Gasteiger partial charge in [0, 0.05) is 38.2 Å². The molecule has 1 heterocycles. The van der Waals surface area contributed by atoms with Gasteiger partial charge in [-0.2, -0.15) is 0 Å². The van der Waals surface area contributed by atoms with E-state index in [4.69, 9.17) is 9.47 Å². The molecule has 1 saturated carbocycles. The molecule has 0 unspecified atom stereocenters. The summed E-state index contributed by atoms with van der Waals surface area (Å²) < 4.78 is 10.4. The van der Waals surface area contributed by atoms with Crippen molar-refractivity contribution in [3.63, 3.8) is 0 Å². The van der Waals surface area contributed by atoms with Crippen LogP contribution >= 0.6 is 0 Å². The van der Waals surface area contributed by atoms with E-state index < -0.39 is 0 Å². The first-order chi connectivity index (χ1) is 13.1. The molecule has 0 spiro atoms. The number of aliphatic hydroxyl groups is 1. The molecule has 2 aliphatic rings. The summed E-state index contributed by atoms with van der Waals surface area (Å²) in [4.78, 5) is 14.4. The molecule has 1 aromatic rings. The largest absolute Gasteiger partial charge is 0.391 e. The summed E-state index contributed by atoms with van der Waals surface area (Å²) >= 11 is 0. The van der Waals surface area contributed by atoms with Gasteiger partial charge < -0.3 is 19.9 Å². The van der Waals surface area contributed by atoms with Crippen LogP contribution in [0.1, 0.15) is 31.2 Å². The van der Waals surface area contributed by atoms with Gasteiger partial charge in [0.05, 0.1) is 19.3 Å². The number of nitrogens with zero attached hydrogens (tertiary/aromatic N) is 1. The zero-order valence-corrected chi connectivity index (χ0v) is 16.2. The normalized spacial score (nSPS) is 29.9. The van der Waals surface area contributed by atoms with Crippen molar-refractivity contribution in [2.75, 3.05) is 46.6 Å². The van der Waals surface area contributed by atoms with Crippen LogP contribution in [0, 0.1) is 0 Å². The minimum Gasteiger partial charge on any atom is -0.391 e. The highest BCUT2D eigenvalue weighted by molar-refractivity contribution is 5.77. The molecule has 1 aliphatic carbocycles. The summed E-state index contributed by atoms with van der Waals surface area (Å²) in [5.41, 5.74) is 1.07. The summed E-state index contributed by atoms with van der Waals surface area (Å²) in [6.07, 6.45) is 3.09. The van der Waals surface area contributed by atoms with Crippen LogP contribution in [-0.4, -0.2) is 74.6 Å². The third-order valence-electron chi connectivity index (χ3n) is 6.08. The number of carbonyl (C=O) groups excluding carboxylic acids is 1. The second-order valence-corrected chi connectivity index (χ2v) is 7.72. The molecule has 1 aliphatic heterocycles. The first-order valence-electron chi connectivity index (χ1n) is 9.96. The number of amides is 1. The summed E-state index contributed by atoms with van der Waals surface area (Å²) in [6, 6.07) is 10.6. The van der Waals surface area contributed by atoms with E-state index in [1.807, 2.05) is 6.07 Å². The number of rotatable bonds is 6. The number of ether oxygens (including phenoxy) is 2. The fourth-order valence-electron chi connectivity index (χ4n) is 4.50. The van der Waals surface area contributed by atoms with Crippen LogP contribution in [0.4, 0.5) is 0 Å². The number of aliphatic hydroxyl groups excluding tert-OH is 1. The molecule has 3 rings (SSSR count). The van der Waals surface area contributed by atoms with E-state index in [0.29, 0.717) is 6.54 Å². The Kier molecular flexibility index (Phi) is 7.24. The topological polar surface area (TPSA) is 71.0 Å². The molecule has 1 aromatic carbocycles.